The zero-order chi connectivity index (χ0) is 17.9. The van der Waals surface area contributed by atoms with E-state index in [-0.39, 0.29) is 23.5 Å². The molecule has 24 heavy (non-hydrogen) atoms. The van der Waals surface area contributed by atoms with Crippen LogP contribution in [0.1, 0.15) is 64.3 Å². The van der Waals surface area contributed by atoms with E-state index in [0.717, 1.165) is 19.3 Å². The Morgan fingerprint density at radius 1 is 1.58 bits per heavy atom. The van der Waals surface area contributed by atoms with Crippen LogP contribution in [0.3, 0.4) is 0 Å². The largest absolute Gasteiger partial charge is 0.343 e. The quantitative estimate of drug-likeness (QED) is 0.899. The normalized spacial score (nSPS) is 18.6. The Bertz CT molecular complexity index is 622. The summed E-state index contributed by atoms with van der Waals surface area (Å²) in [6.45, 7) is 8.85. The average molecular weight is 331 g/mol. The van der Waals surface area contributed by atoms with E-state index in [9.17, 15) is 4.79 Å². The standard InChI is InChI=1S/C18H29N5O/c1-13(17(24)22(5)11-7-10-19)21-15-8-6-9-16-14(15)12-20-23(16)18(2,3)4/h12-13,15,21H,6-9,11H2,1-5H3/t13-,15+/m1/s1. The molecule has 1 aromatic rings. The van der Waals surface area contributed by atoms with Gasteiger partial charge in [0.1, 0.15) is 0 Å². The van der Waals surface area contributed by atoms with Gasteiger partial charge in [-0.25, -0.2) is 0 Å². The Hall–Kier alpha value is -1.87. The lowest BCUT2D eigenvalue weighted by atomic mass is 9.91. The maximum atomic E-state index is 12.4. The van der Waals surface area contributed by atoms with E-state index in [1.165, 1.54) is 11.3 Å². The van der Waals surface area contributed by atoms with E-state index < -0.39 is 0 Å². The molecule has 1 heterocycles. The first-order chi connectivity index (χ1) is 11.3. The predicted octanol–water partition coefficient (Wildman–Crippen LogP) is 2.37. The summed E-state index contributed by atoms with van der Waals surface area (Å²) in [7, 11) is 1.75. The van der Waals surface area contributed by atoms with Gasteiger partial charge < -0.3 is 4.90 Å². The van der Waals surface area contributed by atoms with Gasteiger partial charge in [-0.1, -0.05) is 0 Å². The lowest BCUT2D eigenvalue weighted by Crippen LogP contribution is -2.45. The van der Waals surface area contributed by atoms with Gasteiger partial charge in [0.2, 0.25) is 5.91 Å². The maximum Gasteiger partial charge on any atom is 0.239 e. The molecule has 0 saturated carbocycles. The van der Waals surface area contributed by atoms with Gasteiger partial charge in [0.15, 0.2) is 0 Å². The molecule has 6 heteroatoms. The van der Waals surface area contributed by atoms with Crippen LogP contribution >= 0.6 is 0 Å². The van der Waals surface area contributed by atoms with Crippen molar-refractivity contribution in [2.24, 2.45) is 0 Å². The molecule has 6 nitrogen and oxygen atoms in total. The van der Waals surface area contributed by atoms with E-state index in [0.29, 0.717) is 13.0 Å². The SMILES string of the molecule is C[C@@H](N[C@H]1CCCc2c1cnn2C(C)(C)C)C(=O)N(C)CCC#N. The molecule has 0 bridgehead atoms. The van der Waals surface area contributed by atoms with Crippen molar-refractivity contribution in [1.29, 1.82) is 5.26 Å². The van der Waals surface area contributed by atoms with Crippen LogP contribution in [0.25, 0.3) is 0 Å². The van der Waals surface area contributed by atoms with E-state index >= 15 is 0 Å². The number of rotatable bonds is 5. The van der Waals surface area contributed by atoms with Crippen molar-refractivity contribution in [2.75, 3.05) is 13.6 Å². The van der Waals surface area contributed by atoms with Crippen LogP contribution < -0.4 is 5.32 Å². The molecule has 1 amide bonds. The minimum atomic E-state index is -0.275. The van der Waals surface area contributed by atoms with Crippen LogP contribution in [-0.2, 0) is 16.8 Å². The molecule has 0 unspecified atom stereocenters. The number of hydrogen-bond acceptors (Lipinski definition) is 4. The molecule has 1 aliphatic rings. The number of nitrogens with zero attached hydrogens (tertiary/aromatic N) is 4. The highest BCUT2D eigenvalue weighted by Gasteiger charge is 2.30. The summed E-state index contributed by atoms with van der Waals surface area (Å²) in [4.78, 5) is 14.1. The van der Waals surface area contributed by atoms with Gasteiger partial charge in [-0.3, -0.25) is 14.8 Å². The third-order valence-corrected chi connectivity index (χ3v) is 4.58. The highest BCUT2D eigenvalue weighted by molar-refractivity contribution is 5.81. The maximum absolute atomic E-state index is 12.4. The summed E-state index contributed by atoms with van der Waals surface area (Å²) in [5.74, 6) is 0.0283. The monoisotopic (exact) mass is 331 g/mol. The molecule has 0 fully saturated rings. The summed E-state index contributed by atoms with van der Waals surface area (Å²) in [5.41, 5.74) is 2.47. The number of hydrogen-bond donors (Lipinski definition) is 1. The fourth-order valence-electron chi connectivity index (χ4n) is 3.34. The third kappa shape index (κ3) is 3.96. The molecule has 132 valence electrons. The first kappa shape index (κ1) is 18.5. The van der Waals surface area contributed by atoms with E-state index in [1.54, 1.807) is 11.9 Å². The van der Waals surface area contributed by atoms with Crippen molar-refractivity contribution in [1.82, 2.24) is 20.0 Å². The van der Waals surface area contributed by atoms with Crippen LogP contribution in [0.5, 0.6) is 0 Å². The van der Waals surface area contributed by atoms with E-state index in [2.05, 4.69) is 41.9 Å². The van der Waals surface area contributed by atoms with Crippen LogP contribution in [0, 0.1) is 11.3 Å². The zero-order valence-corrected chi connectivity index (χ0v) is 15.5. The van der Waals surface area contributed by atoms with Crippen molar-refractivity contribution in [2.45, 2.75) is 71.0 Å². The molecular weight excluding hydrogens is 302 g/mol. The highest BCUT2D eigenvalue weighted by Crippen LogP contribution is 2.32. The smallest absolute Gasteiger partial charge is 0.239 e. The van der Waals surface area contributed by atoms with Crippen molar-refractivity contribution >= 4 is 5.91 Å². The van der Waals surface area contributed by atoms with Gasteiger partial charge in [0, 0.05) is 30.9 Å². The van der Waals surface area contributed by atoms with Gasteiger partial charge >= 0.3 is 0 Å². The second kappa shape index (κ2) is 7.35. The lowest BCUT2D eigenvalue weighted by molar-refractivity contribution is -0.131. The molecule has 2 rings (SSSR count). The van der Waals surface area contributed by atoms with Crippen LogP contribution in [0.15, 0.2) is 6.20 Å². The fraction of sp³-hybridized carbons (Fsp3) is 0.722. The minimum Gasteiger partial charge on any atom is -0.343 e. The van der Waals surface area contributed by atoms with Crippen molar-refractivity contribution in [3.63, 3.8) is 0 Å². The molecule has 2 atom stereocenters. The summed E-state index contributed by atoms with van der Waals surface area (Å²) >= 11 is 0. The Labute approximate surface area is 144 Å². The number of likely N-dealkylation sites (N-methyl/N-ethyl adjacent to an activating group) is 1. The van der Waals surface area contributed by atoms with Gasteiger partial charge in [-0.2, -0.15) is 10.4 Å². The molecule has 1 N–H and O–H groups in total. The first-order valence-electron chi connectivity index (χ1n) is 8.71. The van der Waals surface area contributed by atoms with E-state index in [1.807, 2.05) is 13.1 Å². The Morgan fingerprint density at radius 3 is 2.92 bits per heavy atom. The molecular formula is C18H29N5O. The molecule has 0 saturated heterocycles. The fourth-order valence-corrected chi connectivity index (χ4v) is 3.34. The number of amides is 1. The number of nitriles is 1. The summed E-state index contributed by atoms with van der Waals surface area (Å²) in [6, 6.07) is 1.96. The molecule has 1 aromatic heterocycles. The highest BCUT2D eigenvalue weighted by atomic mass is 16.2. The van der Waals surface area contributed by atoms with Crippen LogP contribution in [-0.4, -0.2) is 40.2 Å². The second-order valence-electron chi connectivity index (χ2n) is 7.63. The molecule has 0 aromatic carbocycles. The minimum absolute atomic E-state index is 0.0283. The number of nitrogens with one attached hydrogen (secondary N) is 1. The average Bonchev–Trinajstić information content (AvgIpc) is 2.97. The summed E-state index contributed by atoms with van der Waals surface area (Å²) in [5, 5.41) is 16.7. The van der Waals surface area contributed by atoms with Crippen molar-refractivity contribution in [3.8, 4) is 6.07 Å². The zero-order valence-electron chi connectivity index (χ0n) is 15.5. The molecule has 1 aliphatic carbocycles. The Balaban J connectivity index is 2.09. The van der Waals surface area contributed by atoms with Crippen molar-refractivity contribution < 1.29 is 4.79 Å². The first-order valence-corrected chi connectivity index (χ1v) is 8.71. The van der Waals surface area contributed by atoms with Gasteiger partial charge in [-0.15, -0.1) is 0 Å². The van der Waals surface area contributed by atoms with E-state index in [4.69, 9.17) is 5.26 Å². The number of fused-ring (bicyclic) bond motifs is 1. The lowest BCUT2D eigenvalue weighted by Gasteiger charge is -2.30. The molecule has 0 radical (unpaired) electrons. The van der Waals surface area contributed by atoms with Gasteiger partial charge in [0.25, 0.3) is 0 Å². The molecule has 0 aliphatic heterocycles. The van der Waals surface area contributed by atoms with Gasteiger partial charge in [0.05, 0.1) is 30.3 Å². The predicted molar refractivity (Wildman–Crippen MR) is 93.4 cm³/mol. The van der Waals surface area contributed by atoms with Gasteiger partial charge in [-0.05, 0) is 47.0 Å². The summed E-state index contributed by atoms with van der Waals surface area (Å²) < 4.78 is 2.11. The van der Waals surface area contributed by atoms with Crippen LogP contribution in [0.2, 0.25) is 0 Å². The number of aromatic nitrogens is 2. The summed E-state index contributed by atoms with van der Waals surface area (Å²) in [6.07, 6.45) is 5.46. The number of carbonyl (C=O) groups excluding carboxylic acids is 1. The second-order valence-corrected chi connectivity index (χ2v) is 7.63. The van der Waals surface area contributed by atoms with Crippen molar-refractivity contribution in [3.05, 3.63) is 17.5 Å². The number of carbonyl (C=O) groups is 1. The topological polar surface area (TPSA) is 74.0 Å². The Kier molecular flexibility index (Phi) is 5.66. The molecule has 0 spiro atoms. The van der Waals surface area contributed by atoms with Crippen LogP contribution in [0.4, 0.5) is 0 Å². The Morgan fingerprint density at radius 2 is 2.29 bits per heavy atom. The third-order valence-electron chi connectivity index (χ3n) is 4.58.